The van der Waals surface area contributed by atoms with Crippen LogP contribution in [0.15, 0.2) is 96.0 Å². The highest BCUT2D eigenvalue weighted by Crippen LogP contribution is 2.35. The van der Waals surface area contributed by atoms with Crippen molar-refractivity contribution in [1.29, 1.82) is 5.26 Å². The lowest BCUT2D eigenvalue weighted by atomic mass is 9.96. The summed E-state index contributed by atoms with van der Waals surface area (Å²) in [5.74, 6) is 0. The first kappa shape index (κ1) is 20.4. The Morgan fingerprint density at radius 1 is 0.774 bits per heavy atom. The third kappa shape index (κ3) is 4.36. The second-order valence-corrected chi connectivity index (χ2v) is 8.44. The highest BCUT2D eigenvalue weighted by atomic mass is 32.2. The van der Waals surface area contributed by atoms with Crippen molar-refractivity contribution in [2.75, 3.05) is 0 Å². The zero-order valence-corrected chi connectivity index (χ0v) is 17.3. The van der Waals surface area contributed by atoms with Gasteiger partial charge in [-0.15, -0.1) is 10.2 Å². The molecule has 0 atom stereocenters. The van der Waals surface area contributed by atoms with Gasteiger partial charge in [0.05, 0.1) is 0 Å². The maximum atomic E-state index is 13.1. The number of hydrogen-bond donors (Lipinski definition) is 1. The van der Waals surface area contributed by atoms with Crippen LogP contribution in [0.4, 0.5) is 0 Å². The highest BCUT2D eigenvalue weighted by Gasteiger charge is 2.27. The van der Waals surface area contributed by atoms with Gasteiger partial charge in [-0.1, -0.05) is 91.0 Å². The van der Waals surface area contributed by atoms with E-state index in [9.17, 15) is 13.7 Å². The second kappa shape index (κ2) is 8.88. The molecular weight excluding hydrogens is 408 g/mol. The molecule has 0 spiro atoms. The van der Waals surface area contributed by atoms with Crippen LogP contribution in [0, 0.1) is 11.3 Å². The Kier molecular flexibility index (Phi) is 5.85. The van der Waals surface area contributed by atoms with Gasteiger partial charge in [0.15, 0.2) is 0 Å². The Morgan fingerprint density at radius 3 is 1.90 bits per heavy atom. The summed E-state index contributed by atoms with van der Waals surface area (Å²) < 4.78 is 28.6. The van der Waals surface area contributed by atoms with Crippen molar-refractivity contribution in [3.63, 3.8) is 0 Å². The zero-order chi connectivity index (χ0) is 21.7. The number of nitriles is 1. The molecule has 4 rings (SSSR count). The molecule has 0 saturated heterocycles. The predicted molar refractivity (Wildman–Crippen MR) is 118 cm³/mol. The smallest absolute Gasteiger partial charge is 0.205 e. The summed E-state index contributed by atoms with van der Waals surface area (Å²) in [6.07, 6.45) is 0. The maximum absolute atomic E-state index is 13.1. The molecule has 0 bridgehead atoms. The number of benzene rings is 3. The van der Waals surface area contributed by atoms with Crippen LogP contribution < -0.4 is 4.72 Å². The molecule has 1 N–H and O–H groups in total. The van der Waals surface area contributed by atoms with Crippen molar-refractivity contribution >= 4 is 10.0 Å². The van der Waals surface area contributed by atoms with E-state index in [1.165, 1.54) is 0 Å². The van der Waals surface area contributed by atoms with E-state index in [2.05, 4.69) is 21.0 Å². The third-order valence-electron chi connectivity index (χ3n) is 4.73. The number of sulfonamides is 1. The minimum atomic E-state index is -4.08. The average molecular weight is 427 g/mol. The first-order chi connectivity index (χ1) is 15.1. The van der Waals surface area contributed by atoms with E-state index in [1.54, 1.807) is 0 Å². The van der Waals surface area contributed by atoms with E-state index in [4.69, 9.17) is 0 Å². The molecule has 0 aliphatic rings. The van der Waals surface area contributed by atoms with Gasteiger partial charge in [0.1, 0.15) is 17.3 Å². The van der Waals surface area contributed by atoms with Crippen LogP contribution in [0.25, 0.3) is 22.4 Å². The molecule has 0 saturated carbocycles. The van der Waals surface area contributed by atoms with Gasteiger partial charge in [0.25, 0.3) is 10.0 Å². The van der Waals surface area contributed by atoms with Gasteiger partial charge in [-0.3, -0.25) is 0 Å². The van der Waals surface area contributed by atoms with Crippen LogP contribution in [-0.4, -0.2) is 18.6 Å². The normalized spacial score (nSPS) is 11.1. The van der Waals surface area contributed by atoms with Crippen LogP contribution in [0.5, 0.6) is 0 Å². The third-order valence-corrected chi connectivity index (χ3v) is 6.05. The summed E-state index contributed by atoms with van der Waals surface area (Å²) in [4.78, 5) is 0. The lowest BCUT2D eigenvalue weighted by Crippen LogP contribution is -2.26. The molecule has 0 aliphatic carbocycles. The average Bonchev–Trinajstić information content (AvgIpc) is 2.83. The Labute approximate surface area is 180 Å². The van der Waals surface area contributed by atoms with Crippen LogP contribution in [0.1, 0.15) is 11.1 Å². The molecule has 4 aromatic rings. The molecule has 7 heteroatoms. The Balaban J connectivity index is 1.86. The number of hydrogen-bond acceptors (Lipinski definition) is 5. The SMILES string of the molecule is N#Cc1c(S(=O)(=O)NCc2ccccc2)nnc(-c2ccccc2)c1-c1ccccc1. The molecule has 0 amide bonds. The summed E-state index contributed by atoms with van der Waals surface area (Å²) in [7, 11) is -4.08. The minimum absolute atomic E-state index is 0.0411. The molecule has 1 heterocycles. The van der Waals surface area contributed by atoms with E-state index in [-0.39, 0.29) is 17.1 Å². The molecule has 6 nitrogen and oxygen atoms in total. The Hall–Kier alpha value is -3.86. The van der Waals surface area contributed by atoms with Crippen LogP contribution in [0.3, 0.4) is 0 Å². The van der Waals surface area contributed by atoms with Gasteiger partial charge in [-0.25, -0.2) is 13.1 Å². The van der Waals surface area contributed by atoms with Gasteiger partial charge in [-0.2, -0.15) is 5.26 Å². The fourth-order valence-corrected chi connectivity index (χ4v) is 4.30. The van der Waals surface area contributed by atoms with Crippen molar-refractivity contribution in [2.45, 2.75) is 11.6 Å². The molecule has 0 unspecified atom stereocenters. The van der Waals surface area contributed by atoms with Crippen molar-refractivity contribution < 1.29 is 8.42 Å². The summed E-state index contributed by atoms with van der Waals surface area (Å²) in [6, 6.07) is 29.6. The fraction of sp³-hybridized carbons (Fsp3) is 0.0417. The lowest BCUT2D eigenvalue weighted by Gasteiger charge is -2.14. The van der Waals surface area contributed by atoms with Gasteiger partial charge in [-0.05, 0) is 11.1 Å². The molecule has 152 valence electrons. The number of nitrogens with zero attached hydrogens (tertiary/aromatic N) is 3. The topological polar surface area (TPSA) is 95.7 Å². The van der Waals surface area contributed by atoms with Gasteiger partial charge in [0.2, 0.25) is 5.03 Å². The standard InChI is InChI=1S/C24H18N4O2S/c25-16-21-22(19-12-6-2-7-13-19)23(20-14-8-3-9-15-20)27-28-24(21)31(29,30)26-17-18-10-4-1-5-11-18/h1-15,26H,17H2. The van der Waals surface area contributed by atoms with E-state index < -0.39 is 10.0 Å². The number of aromatic nitrogens is 2. The summed E-state index contributed by atoms with van der Waals surface area (Å²) in [5, 5.41) is 17.8. The number of rotatable bonds is 6. The summed E-state index contributed by atoms with van der Waals surface area (Å²) in [5.41, 5.74) is 3.07. The van der Waals surface area contributed by atoms with Crippen LogP contribution in [0.2, 0.25) is 0 Å². The zero-order valence-electron chi connectivity index (χ0n) is 16.4. The van der Waals surface area contributed by atoms with Crippen molar-refractivity contribution in [1.82, 2.24) is 14.9 Å². The van der Waals surface area contributed by atoms with E-state index >= 15 is 0 Å². The van der Waals surface area contributed by atoms with Crippen LogP contribution >= 0.6 is 0 Å². The minimum Gasteiger partial charge on any atom is -0.205 e. The molecule has 1 aromatic heterocycles. The van der Waals surface area contributed by atoms with Crippen molar-refractivity contribution in [3.05, 3.63) is 102 Å². The quantitative estimate of drug-likeness (QED) is 0.499. The predicted octanol–water partition coefficient (Wildman–Crippen LogP) is 4.16. The van der Waals surface area contributed by atoms with E-state index in [0.717, 1.165) is 11.1 Å². The van der Waals surface area contributed by atoms with E-state index in [0.29, 0.717) is 16.8 Å². The lowest BCUT2D eigenvalue weighted by molar-refractivity contribution is 0.575. The van der Waals surface area contributed by atoms with Gasteiger partial charge < -0.3 is 0 Å². The fourth-order valence-electron chi connectivity index (χ4n) is 3.24. The van der Waals surface area contributed by atoms with Crippen molar-refractivity contribution in [3.8, 4) is 28.5 Å². The summed E-state index contributed by atoms with van der Waals surface area (Å²) >= 11 is 0. The molecule has 31 heavy (non-hydrogen) atoms. The summed E-state index contributed by atoms with van der Waals surface area (Å²) in [6.45, 7) is 0.0802. The van der Waals surface area contributed by atoms with E-state index in [1.807, 2.05) is 91.0 Å². The Morgan fingerprint density at radius 2 is 1.32 bits per heavy atom. The first-order valence-electron chi connectivity index (χ1n) is 9.55. The highest BCUT2D eigenvalue weighted by molar-refractivity contribution is 7.89. The first-order valence-corrected chi connectivity index (χ1v) is 11.0. The molecule has 0 aliphatic heterocycles. The largest absolute Gasteiger partial charge is 0.261 e. The number of nitrogens with one attached hydrogen (secondary N) is 1. The second-order valence-electron chi connectivity index (χ2n) is 6.76. The molecule has 0 fully saturated rings. The molecule has 0 radical (unpaired) electrons. The van der Waals surface area contributed by atoms with Crippen LogP contribution in [-0.2, 0) is 16.6 Å². The van der Waals surface area contributed by atoms with Crippen molar-refractivity contribution in [2.24, 2.45) is 0 Å². The molecule has 3 aromatic carbocycles. The monoisotopic (exact) mass is 426 g/mol. The maximum Gasteiger partial charge on any atom is 0.261 e. The van der Waals surface area contributed by atoms with Gasteiger partial charge >= 0.3 is 0 Å². The molecular formula is C24H18N4O2S. The van der Waals surface area contributed by atoms with Gasteiger partial charge in [0, 0.05) is 17.7 Å². The Bertz CT molecular complexity index is 1340.